The minimum atomic E-state index is -1.05. The van der Waals surface area contributed by atoms with Gasteiger partial charge in [0.2, 0.25) is 0 Å². The maximum Gasteiger partial charge on any atom is 0.336 e. The van der Waals surface area contributed by atoms with Gasteiger partial charge in [-0.1, -0.05) is 23.7 Å². The predicted molar refractivity (Wildman–Crippen MR) is 58.8 cm³/mol. The summed E-state index contributed by atoms with van der Waals surface area (Å²) >= 11 is 5.70. The van der Waals surface area contributed by atoms with Crippen LogP contribution in [0, 0.1) is 0 Å². The Kier molecular flexibility index (Phi) is 3.88. The average Bonchev–Trinajstić information content (AvgIpc) is 2.20. The first-order valence-electron chi connectivity index (χ1n) is 4.36. The number of aliphatic hydroxyl groups excluding tert-OH is 1. The van der Waals surface area contributed by atoms with Gasteiger partial charge in [0, 0.05) is 5.02 Å². The molecular weight excluding hydrogens is 216 g/mol. The van der Waals surface area contributed by atoms with Crippen molar-refractivity contribution >= 4 is 23.1 Å². The Morgan fingerprint density at radius 1 is 1.33 bits per heavy atom. The van der Waals surface area contributed by atoms with Crippen molar-refractivity contribution in [2.45, 2.75) is 6.92 Å². The predicted octanol–water partition coefficient (Wildman–Crippen LogP) is 2.19. The van der Waals surface area contributed by atoms with Crippen molar-refractivity contribution in [3.8, 4) is 0 Å². The fourth-order valence-electron chi connectivity index (χ4n) is 1.25. The minimum absolute atomic E-state index is 0.120. The third-order valence-corrected chi connectivity index (χ3v) is 2.26. The largest absolute Gasteiger partial charge is 0.478 e. The molecule has 0 fully saturated rings. The van der Waals surface area contributed by atoms with Gasteiger partial charge in [-0.15, -0.1) is 0 Å². The van der Waals surface area contributed by atoms with Crippen LogP contribution in [0.4, 0.5) is 0 Å². The number of hydrogen-bond acceptors (Lipinski definition) is 2. The second kappa shape index (κ2) is 4.96. The van der Waals surface area contributed by atoms with Crippen molar-refractivity contribution in [2.75, 3.05) is 6.61 Å². The summed E-state index contributed by atoms with van der Waals surface area (Å²) in [5.41, 5.74) is 1.08. The number of carboxylic acids is 1. The monoisotopic (exact) mass is 226 g/mol. The molecular formula is C11H11ClO3. The zero-order valence-corrected chi connectivity index (χ0v) is 8.95. The molecule has 0 aliphatic carbocycles. The molecule has 15 heavy (non-hydrogen) atoms. The molecule has 0 atom stereocenters. The molecule has 0 saturated carbocycles. The Balaban J connectivity index is 3.23. The highest BCUT2D eigenvalue weighted by molar-refractivity contribution is 6.30. The smallest absolute Gasteiger partial charge is 0.336 e. The topological polar surface area (TPSA) is 57.5 Å². The Labute approximate surface area is 92.6 Å². The van der Waals surface area contributed by atoms with E-state index in [-0.39, 0.29) is 12.2 Å². The molecule has 4 heteroatoms. The van der Waals surface area contributed by atoms with Crippen molar-refractivity contribution in [2.24, 2.45) is 0 Å². The quantitative estimate of drug-likeness (QED) is 0.777. The van der Waals surface area contributed by atoms with Crippen LogP contribution in [0.15, 0.2) is 29.8 Å². The fourth-order valence-corrected chi connectivity index (χ4v) is 1.37. The molecule has 0 aromatic heterocycles. The van der Waals surface area contributed by atoms with Gasteiger partial charge in [-0.05, 0) is 30.2 Å². The number of carboxylic acid groups (broad SMARTS) is 1. The van der Waals surface area contributed by atoms with Crippen LogP contribution in [-0.4, -0.2) is 22.8 Å². The zero-order valence-electron chi connectivity index (χ0n) is 8.20. The molecule has 1 aromatic rings. The van der Waals surface area contributed by atoms with E-state index in [0.717, 1.165) is 0 Å². The van der Waals surface area contributed by atoms with Gasteiger partial charge in [0.05, 0.1) is 12.2 Å². The second-order valence-corrected chi connectivity index (χ2v) is 3.56. The summed E-state index contributed by atoms with van der Waals surface area (Å²) in [4.78, 5) is 11.0. The lowest BCUT2D eigenvalue weighted by Gasteiger charge is -2.06. The number of aliphatic carboxylic acids is 1. The molecule has 80 valence electrons. The van der Waals surface area contributed by atoms with E-state index in [1.54, 1.807) is 31.2 Å². The second-order valence-electron chi connectivity index (χ2n) is 3.13. The van der Waals surface area contributed by atoms with Crippen LogP contribution >= 0.6 is 11.6 Å². The van der Waals surface area contributed by atoms with Crippen LogP contribution in [0.1, 0.15) is 12.5 Å². The van der Waals surface area contributed by atoms with Crippen LogP contribution in [0.2, 0.25) is 5.02 Å². The average molecular weight is 227 g/mol. The van der Waals surface area contributed by atoms with Gasteiger partial charge in [0.15, 0.2) is 0 Å². The van der Waals surface area contributed by atoms with Gasteiger partial charge in [-0.25, -0.2) is 4.79 Å². The molecule has 0 aliphatic rings. The Morgan fingerprint density at radius 3 is 2.27 bits per heavy atom. The van der Waals surface area contributed by atoms with Gasteiger partial charge in [0.25, 0.3) is 0 Å². The first kappa shape index (κ1) is 11.8. The Morgan fingerprint density at radius 2 is 1.87 bits per heavy atom. The molecule has 0 spiro atoms. The lowest BCUT2D eigenvalue weighted by atomic mass is 10.0. The van der Waals surface area contributed by atoms with Crippen LogP contribution in [-0.2, 0) is 4.79 Å². The highest BCUT2D eigenvalue weighted by atomic mass is 35.5. The zero-order chi connectivity index (χ0) is 11.4. The van der Waals surface area contributed by atoms with Crippen LogP contribution in [0.25, 0.3) is 5.57 Å². The first-order valence-corrected chi connectivity index (χ1v) is 4.74. The van der Waals surface area contributed by atoms with E-state index in [1.807, 2.05) is 0 Å². The Bertz CT molecular complexity index is 393. The van der Waals surface area contributed by atoms with Crippen LogP contribution in [0.3, 0.4) is 0 Å². The highest BCUT2D eigenvalue weighted by Gasteiger charge is 2.13. The van der Waals surface area contributed by atoms with Crippen molar-refractivity contribution in [1.29, 1.82) is 0 Å². The van der Waals surface area contributed by atoms with Gasteiger partial charge in [0.1, 0.15) is 0 Å². The summed E-state index contributed by atoms with van der Waals surface area (Å²) in [5.74, 6) is -1.05. The summed E-state index contributed by atoms with van der Waals surface area (Å²) in [5, 5.41) is 18.5. The lowest BCUT2D eigenvalue weighted by molar-refractivity contribution is -0.130. The molecule has 0 heterocycles. The highest BCUT2D eigenvalue weighted by Crippen LogP contribution is 2.20. The molecule has 1 aromatic carbocycles. The van der Waals surface area contributed by atoms with E-state index in [1.165, 1.54) is 0 Å². The first-order chi connectivity index (χ1) is 7.06. The third kappa shape index (κ3) is 2.81. The van der Waals surface area contributed by atoms with Gasteiger partial charge < -0.3 is 10.2 Å². The van der Waals surface area contributed by atoms with Gasteiger partial charge in [-0.3, -0.25) is 0 Å². The number of hydrogen-bond donors (Lipinski definition) is 2. The number of halogens is 1. The minimum Gasteiger partial charge on any atom is -0.478 e. The molecule has 0 bridgehead atoms. The van der Waals surface area contributed by atoms with Crippen molar-refractivity contribution in [3.05, 3.63) is 40.4 Å². The van der Waals surface area contributed by atoms with Crippen molar-refractivity contribution < 1.29 is 15.0 Å². The van der Waals surface area contributed by atoms with Crippen LogP contribution in [0.5, 0.6) is 0 Å². The number of carbonyl (C=O) groups is 1. The van der Waals surface area contributed by atoms with E-state index in [4.69, 9.17) is 21.8 Å². The maximum absolute atomic E-state index is 11.0. The van der Waals surface area contributed by atoms with Gasteiger partial charge >= 0.3 is 5.97 Å². The molecule has 2 N–H and O–H groups in total. The van der Waals surface area contributed by atoms with E-state index in [9.17, 15) is 4.79 Å². The number of benzene rings is 1. The summed E-state index contributed by atoms with van der Waals surface area (Å²) in [6.45, 7) is 1.31. The molecule has 1 rings (SSSR count). The lowest BCUT2D eigenvalue weighted by Crippen LogP contribution is -2.04. The maximum atomic E-state index is 11.0. The molecule has 0 amide bonds. The third-order valence-electron chi connectivity index (χ3n) is 2.01. The number of aliphatic hydroxyl groups is 1. The van der Waals surface area contributed by atoms with E-state index in [2.05, 4.69) is 0 Å². The fraction of sp³-hybridized carbons (Fsp3) is 0.182. The Hall–Kier alpha value is -1.32. The van der Waals surface area contributed by atoms with Gasteiger partial charge in [-0.2, -0.15) is 0 Å². The molecule has 3 nitrogen and oxygen atoms in total. The molecule has 0 saturated heterocycles. The SMILES string of the molecule is C/C(CO)=C(/C(=O)O)c1ccc(Cl)cc1. The van der Waals surface area contributed by atoms with Crippen molar-refractivity contribution in [1.82, 2.24) is 0 Å². The summed E-state index contributed by atoms with van der Waals surface area (Å²) < 4.78 is 0. The van der Waals surface area contributed by atoms with E-state index in [0.29, 0.717) is 16.2 Å². The summed E-state index contributed by atoms with van der Waals surface area (Å²) in [7, 11) is 0. The van der Waals surface area contributed by atoms with E-state index < -0.39 is 5.97 Å². The summed E-state index contributed by atoms with van der Waals surface area (Å²) in [6, 6.07) is 6.46. The summed E-state index contributed by atoms with van der Waals surface area (Å²) in [6.07, 6.45) is 0. The molecule has 0 aliphatic heterocycles. The normalized spacial score (nSPS) is 12.2. The van der Waals surface area contributed by atoms with E-state index >= 15 is 0 Å². The molecule has 0 unspecified atom stereocenters. The molecule has 0 radical (unpaired) electrons. The number of rotatable bonds is 3. The standard InChI is InChI=1S/C11H11ClO3/c1-7(6-13)10(11(14)15)8-2-4-9(12)5-3-8/h2-5,13H,6H2,1H3,(H,14,15)/b10-7-. The van der Waals surface area contributed by atoms with Crippen LogP contribution < -0.4 is 0 Å². The van der Waals surface area contributed by atoms with Crippen molar-refractivity contribution in [3.63, 3.8) is 0 Å².